The van der Waals surface area contributed by atoms with Gasteiger partial charge in [-0.1, -0.05) is 11.6 Å². The van der Waals surface area contributed by atoms with Crippen LogP contribution < -0.4 is 5.32 Å². The third-order valence-corrected chi connectivity index (χ3v) is 4.18. The number of anilines is 1. The summed E-state index contributed by atoms with van der Waals surface area (Å²) in [6.45, 7) is 0. The van der Waals surface area contributed by atoms with Crippen molar-refractivity contribution in [1.82, 2.24) is 4.98 Å². The van der Waals surface area contributed by atoms with Crippen molar-refractivity contribution >= 4 is 45.6 Å². The normalized spacial score (nSPS) is 11.5. The number of aromatic nitrogens is 1. The average Bonchev–Trinajstić information content (AvgIpc) is 2.87. The fourth-order valence-electron chi connectivity index (χ4n) is 1.67. The van der Waals surface area contributed by atoms with Crippen LogP contribution in [0.3, 0.4) is 0 Å². The third kappa shape index (κ3) is 4.34. The molecule has 0 radical (unpaired) electrons. The zero-order chi connectivity index (χ0) is 16.3. The predicted octanol–water partition coefficient (Wildman–Crippen LogP) is 4.58. The molecule has 2 aromatic rings. The van der Waals surface area contributed by atoms with E-state index in [1.807, 2.05) is 0 Å². The molecular weight excluding hydrogens is 360 g/mol. The number of rotatable bonds is 4. The van der Waals surface area contributed by atoms with E-state index in [1.54, 1.807) is 0 Å². The van der Waals surface area contributed by atoms with Gasteiger partial charge in [0.2, 0.25) is 5.91 Å². The van der Waals surface area contributed by atoms with Gasteiger partial charge in [0.25, 0.3) is 0 Å². The van der Waals surface area contributed by atoms with Gasteiger partial charge in [0.05, 0.1) is 5.56 Å². The van der Waals surface area contributed by atoms with Crippen LogP contribution in [-0.2, 0) is 17.4 Å². The van der Waals surface area contributed by atoms with Crippen LogP contribution in [-0.4, -0.2) is 16.8 Å². The molecule has 0 saturated carbocycles. The molecule has 3 nitrogen and oxygen atoms in total. The number of carbonyl (C=O) groups excluding carboxylic acids is 1. The number of alkyl halides is 4. The van der Waals surface area contributed by atoms with Gasteiger partial charge in [-0.15, -0.1) is 22.9 Å². The number of thiazole rings is 1. The van der Waals surface area contributed by atoms with Crippen LogP contribution in [0.2, 0.25) is 5.02 Å². The molecule has 1 aromatic heterocycles. The number of carbonyl (C=O) groups is 1. The van der Waals surface area contributed by atoms with Crippen LogP contribution in [0, 0.1) is 0 Å². The standard InChI is InChI=1S/C13H9Cl2F3N2OS/c14-5-11(21)20-12-19-6-9(22-12)4-7-3-8(13(16,17)18)1-2-10(7)15/h1-3,6H,4-5H2,(H,19,20,21). The molecule has 1 aromatic carbocycles. The Morgan fingerprint density at radius 3 is 2.73 bits per heavy atom. The highest BCUT2D eigenvalue weighted by Crippen LogP contribution is 2.33. The number of nitrogens with one attached hydrogen (secondary N) is 1. The van der Waals surface area contributed by atoms with Gasteiger partial charge in [0.1, 0.15) is 5.88 Å². The van der Waals surface area contributed by atoms with Gasteiger partial charge in [-0.05, 0) is 23.8 Å². The zero-order valence-electron chi connectivity index (χ0n) is 10.9. The molecule has 1 amide bonds. The highest BCUT2D eigenvalue weighted by atomic mass is 35.5. The number of halogens is 5. The number of nitrogens with zero attached hydrogens (tertiary/aromatic N) is 1. The van der Waals surface area contributed by atoms with Crippen molar-refractivity contribution in [3.05, 3.63) is 45.4 Å². The molecule has 2 rings (SSSR count). The zero-order valence-corrected chi connectivity index (χ0v) is 13.2. The Balaban J connectivity index is 2.18. The Hall–Kier alpha value is -1.31. The highest BCUT2D eigenvalue weighted by molar-refractivity contribution is 7.15. The van der Waals surface area contributed by atoms with Gasteiger partial charge in [-0.3, -0.25) is 4.79 Å². The van der Waals surface area contributed by atoms with E-state index in [0.717, 1.165) is 23.5 Å². The Labute approximate surface area is 138 Å². The summed E-state index contributed by atoms with van der Waals surface area (Å²) in [5.41, 5.74) is -0.414. The quantitative estimate of drug-likeness (QED) is 0.802. The molecule has 22 heavy (non-hydrogen) atoms. The van der Waals surface area contributed by atoms with Gasteiger partial charge < -0.3 is 5.32 Å². The summed E-state index contributed by atoms with van der Waals surface area (Å²) in [7, 11) is 0. The van der Waals surface area contributed by atoms with E-state index < -0.39 is 17.6 Å². The molecule has 0 spiro atoms. The molecule has 0 unspecified atom stereocenters. The van der Waals surface area contributed by atoms with Crippen molar-refractivity contribution in [2.24, 2.45) is 0 Å². The van der Waals surface area contributed by atoms with Gasteiger partial charge in [0, 0.05) is 22.5 Å². The molecule has 1 heterocycles. The lowest BCUT2D eigenvalue weighted by atomic mass is 10.1. The second kappa shape index (κ2) is 6.85. The van der Waals surface area contributed by atoms with Crippen LogP contribution in [0.1, 0.15) is 16.0 Å². The van der Waals surface area contributed by atoms with E-state index in [2.05, 4.69) is 10.3 Å². The Morgan fingerprint density at radius 2 is 2.09 bits per heavy atom. The van der Waals surface area contributed by atoms with E-state index in [0.29, 0.717) is 15.6 Å². The van der Waals surface area contributed by atoms with Crippen LogP contribution in [0.5, 0.6) is 0 Å². The maximum Gasteiger partial charge on any atom is 0.416 e. The van der Waals surface area contributed by atoms with Crippen LogP contribution in [0.25, 0.3) is 0 Å². The van der Waals surface area contributed by atoms with Crippen LogP contribution in [0.15, 0.2) is 24.4 Å². The lowest BCUT2D eigenvalue weighted by Crippen LogP contribution is -2.11. The minimum Gasteiger partial charge on any atom is -0.301 e. The maximum absolute atomic E-state index is 12.7. The second-order valence-corrected chi connectivity index (χ2v) is 6.08. The van der Waals surface area contributed by atoms with E-state index >= 15 is 0 Å². The lowest BCUT2D eigenvalue weighted by Gasteiger charge is -2.09. The Bertz CT molecular complexity index is 688. The third-order valence-electron chi connectivity index (χ3n) is 2.66. The Kier molecular flexibility index (Phi) is 5.31. The molecule has 1 N–H and O–H groups in total. The van der Waals surface area contributed by atoms with E-state index in [1.165, 1.54) is 12.3 Å². The molecule has 0 bridgehead atoms. The number of hydrogen-bond acceptors (Lipinski definition) is 3. The van der Waals surface area contributed by atoms with Crippen molar-refractivity contribution in [3.63, 3.8) is 0 Å². The lowest BCUT2D eigenvalue weighted by molar-refractivity contribution is -0.137. The summed E-state index contributed by atoms with van der Waals surface area (Å²) in [5.74, 6) is -0.603. The molecule has 0 saturated heterocycles. The fourth-order valence-corrected chi connectivity index (χ4v) is 2.78. The van der Waals surface area contributed by atoms with Crippen molar-refractivity contribution in [1.29, 1.82) is 0 Å². The summed E-state index contributed by atoms with van der Waals surface area (Å²) in [6, 6.07) is 3.17. The molecule has 0 fully saturated rings. The predicted molar refractivity (Wildman–Crippen MR) is 80.7 cm³/mol. The first kappa shape index (κ1) is 17.1. The van der Waals surface area contributed by atoms with E-state index in [4.69, 9.17) is 23.2 Å². The van der Waals surface area contributed by atoms with E-state index in [-0.39, 0.29) is 17.3 Å². The molecule has 0 aliphatic heterocycles. The molecule has 118 valence electrons. The van der Waals surface area contributed by atoms with Crippen molar-refractivity contribution in [2.75, 3.05) is 11.2 Å². The first-order chi connectivity index (χ1) is 10.3. The summed E-state index contributed by atoms with van der Waals surface area (Å²) < 4.78 is 38.1. The van der Waals surface area contributed by atoms with Crippen LogP contribution in [0.4, 0.5) is 18.3 Å². The molecule has 9 heteroatoms. The van der Waals surface area contributed by atoms with Gasteiger partial charge in [0.15, 0.2) is 5.13 Å². The number of hydrogen-bond donors (Lipinski definition) is 1. The minimum atomic E-state index is -4.42. The first-order valence-corrected chi connectivity index (χ1v) is 7.68. The van der Waals surface area contributed by atoms with Crippen LogP contribution >= 0.6 is 34.5 Å². The molecule has 0 atom stereocenters. The van der Waals surface area contributed by atoms with Gasteiger partial charge in [-0.2, -0.15) is 13.2 Å². The summed E-state index contributed by atoms with van der Waals surface area (Å²) >= 11 is 12.5. The molecule has 0 aliphatic rings. The summed E-state index contributed by atoms with van der Waals surface area (Å²) in [5, 5.41) is 3.05. The number of benzene rings is 1. The fraction of sp³-hybridized carbons (Fsp3) is 0.231. The summed E-state index contributed by atoms with van der Waals surface area (Å²) in [6.07, 6.45) is -2.76. The molecular formula is C13H9Cl2F3N2OS. The smallest absolute Gasteiger partial charge is 0.301 e. The first-order valence-electron chi connectivity index (χ1n) is 5.95. The maximum atomic E-state index is 12.7. The average molecular weight is 369 g/mol. The summed E-state index contributed by atoms with van der Waals surface area (Å²) in [4.78, 5) is 15.8. The number of amides is 1. The molecule has 0 aliphatic carbocycles. The van der Waals surface area contributed by atoms with Crippen molar-refractivity contribution < 1.29 is 18.0 Å². The Morgan fingerprint density at radius 1 is 1.36 bits per heavy atom. The van der Waals surface area contributed by atoms with Crippen molar-refractivity contribution in [2.45, 2.75) is 12.6 Å². The monoisotopic (exact) mass is 368 g/mol. The van der Waals surface area contributed by atoms with E-state index in [9.17, 15) is 18.0 Å². The van der Waals surface area contributed by atoms with Gasteiger partial charge in [-0.25, -0.2) is 4.98 Å². The minimum absolute atomic E-state index is 0.192. The van der Waals surface area contributed by atoms with Gasteiger partial charge >= 0.3 is 6.18 Å². The SMILES string of the molecule is O=C(CCl)Nc1ncc(Cc2cc(C(F)(F)F)ccc2Cl)s1. The second-order valence-electron chi connectivity index (χ2n) is 4.29. The van der Waals surface area contributed by atoms with Crippen molar-refractivity contribution in [3.8, 4) is 0 Å². The highest BCUT2D eigenvalue weighted by Gasteiger charge is 2.30. The topological polar surface area (TPSA) is 42.0 Å². The largest absolute Gasteiger partial charge is 0.416 e.